The third-order valence-corrected chi connectivity index (χ3v) is 5.92. The largest absolute Gasteiger partial charge is 0.396 e. The highest BCUT2D eigenvalue weighted by atomic mass is 16.5. The molecule has 1 N–H and O–H groups in total. The number of aliphatic hydroxyl groups excluding tert-OH is 1. The summed E-state index contributed by atoms with van der Waals surface area (Å²) in [5, 5.41) is 12.6. The van der Waals surface area contributed by atoms with Crippen LogP contribution in [0.15, 0.2) is 36.4 Å². The molecule has 2 aliphatic heterocycles. The first kappa shape index (κ1) is 15.1. The molecule has 2 atom stereocenters. The molecule has 0 aromatic heterocycles. The fourth-order valence-electron chi connectivity index (χ4n) is 4.42. The highest BCUT2D eigenvalue weighted by Crippen LogP contribution is 2.42. The molecule has 2 aliphatic rings. The van der Waals surface area contributed by atoms with E-state index >= 15 is 0 Å². The van der Waals surface area contributed by atoms with Gasteiger partial charge in [-0.2, -0.15) is 0 Å². The van der Waals surface area contributed by atoms with E-state index in [4.69, 9.17) is 4.74 Å². The number of benzene rings is 2. The Morgan fingerprint density at radius 1 is 1.26 bits per heavy atom. The third kappa shape index (κ3) is 2.57. The van der Waals surface area contributed by atoms with Crippen molar-refractivity contribution in [3.8, 4) is 0 Å². The number of ether oxygens (including phenoxy) is 1. The molecule has 0 spiro atoms. The average Bonchev–Trinajstić information content (AvgIpc) is 2.96. The van der Waals surface area contributed by atoms with Gasteiger partial charge in [0.2, 0.25) is 0 Å². The molecule has 23 heavy (non-hydrogen) atoms. The van der Waals surface area contributed by atoms with Gasteiger partial charge in [-0.1, -0.05) is 36.4 Å². The van der Waals surface area contributed by atoms with Crippen LogP contribution in [0.3, 0.4) is 0 Å². The van der Waals surface area contributed by atoms with Gasteiger partial charge in [0.25, 0.3) is 0 Å². The first-order valence-electron chi connectivity index (χ1n) is 8.60. The van der Waals surface area contributed by atoms with E-state index in [2.05, 4.69) is 48.2 Å². The van der Waals surface area contributed by atoms with Crippen LogP contribution in [-0.2, 0) is 11.3 Å². The first-order chi connectivity index (χ1) is 11.2. The van der Waals surface area contributed by atoms with Crippen LogP contribution in [0, 0.1) is 18.3 Å². The second kappa shape index (κ2) is 5.90. The molecule has 0 bridgehead atoms. The first-order valence-corrected chi connectivity index (χ1v) is 8.60. The van der Waals surface area contributed by atoms with Gasteiger partial charge in [0.15, 0.2) is 0 Å². The Morgan fingerprint density at radius 3 is 2.96 bits per heavy atom. The van der Waals surface area contributed by atoms with E-state index in [1.54, 1.807) is 0 Å². The summed E-state index contributed by atoms with van der Waals surface area (Å²) < 4.78 is 5.66. The van der Waals surface area contributed by atoms with Crippen molar-refractivity contribution in [2.24, 2.45) is 11.3 Å². The fraction of sp³-hybridized carbons (Fsp3) is 0.500. The van der Waals surface area contributed by atoms with E-state index < -0.39 is 0 Å². The molecule has 122 valence electrons. The van der Waals surface area contributed by atoms with E-state index in [0.717, 1.165) is 39.3 Å². The van der Waals surface area contributed by atoms with E-state index in [1.165, 1.54) is 21.9 Å². The molecular formula is C20H25NO2. The molecule has 0 unspecified atom stereocenters. The molecule has 0 saturated carbocycles. The maximum absolute atomic E-state index is 9.98. The Balaban J connectivity index is 1.63. The zero-order chi connectivity index (χ0) is 15.9. The minimum absolute atomic E-state index is 0.0523. The quantitative estimate of drug-likeness (QED) is 0.946. The molecule has 3 heteroatoms. The van der Waals surface area contributed by atoms with Gasteiger partial charge in [-0.25, -0.2) is 0 Å². The standard InChI is InChI=1S/C20H25NO2/c1-15-6-7-16-4-2-3-5-18(16)19(15)11-21-10-17-12-23-9-8-20(17,13-21)14-22/h2-7,17,22H,8-14H2,1H3/t17-,20-/m1/s1. The molecule has 2 aromatic carbocycles. The van der Waals surface area contributed by atoms with E-state index in [1.807, 2.05) is 0 Å². The van der Waals surface area contributed by atoms with Gasteiger partial charge in [0, 0.05) is 37.6 Å². The van der Waals surface area contributed by atoms with Gasteiger partial charge in [0.1, 0.15) is 0 Å². The number of aryl methyl sites for hydroxylation is 1. The minimum atomic E-state index is 0.0523. The van der Waals surface area contributed by atoms with Crippen molar-refractivity contribution in [1.82, 2.24) is 4.90 Å². The van der Waals surface area contributed by atoms with Gasteiger partial charge in [0.05, 0.1) is 13.2 Å². The zero-order valence-corrected chi connectivity index (χ0v) is 13.8. The lowest BCUT2D eigenvalue weighted by Gasteiger charge is -2.36. The van der Waals surface area contributed by atoms with Gasteiger partial charge in [-0.3, -0.25) is 4.90 Å². The molecule has 3 nitrogen and oxygen atoms in total. The van der Waals surface area contributed by atoms with Crippen molar-refractivity contribution < 1.29 is 9.84 Å². The van der Waals surface area contributed by atoms with Crippen LogP contribution < -0.4 is 0 Å². The summed E-state index contributed by atoms with van der Waals surface area (Å²) >= 11 is 0. The lowest BCUT2D eigenvalue weighted by Crippen LogP contribution is -2.41. The Bertz CT molecular complexity index is 714. The lowest BCUT2D eigenvalue weighted by atomic mass is 9.75. The van der Waals surface area contributed by atoms with E-state index in [0.29, 0.717) is 5.92 Å². The summed E-state index contributed by atoms with van der Waals surface area (Å²) in [5.41, 5.74) is 2.83. The topological polar surface area (TPSA) is 32.7 Å². The number of likely N-dealkylation sites (tertiary alicyclic amines) is 1. The molecular weight excluding hydrogens is 286 g/mol. The lowest BCUT2D eigenvalue weighted by molar-refractivity contribution is -0.0417. The number of nitrogens with zero attached hydrogens (tertiary/aromatic N) is 1. The maximum atomic E-state index is 9.98. The minimum Gasteiger partial charge on any atom is -0.396 e. The van der Waals surface area contributed by atoms with Crippen LogP contribution in [0.25, 0.3) is 10.8 Å². The summed E-state index contributed by atoms with van der Waals surface area (Å²) in [6.45, 7) is 7.06. The van der Waals surface area contributed by atoms with Gasteiger partial charge < -0.3 is 9.84 Å². The third-order valence-electron chi connectivity index (χ3n) is 5.92. The molecule has 4 rings (SSSR count). The highest BCUT2D eigenvalue weighted by molar-refractivity contribution is 5.86. The summed E-state index contributed by atoms with van der Waals surface area (Å²) in [7, 11) is 0. The van der Waals surface area contributed by atoms with Gasteiger partial charge in [-0.05, 0) is 35.2 Å². The van der Waals surface area contributed by atoms with Crippen LogP contribution in [0.4, 0.5) is 0 Å². The van der Waals surface area contributed by atoms with Crippen LogP contribution in [0.5, 0.6) is 0 Å². The highest BCUT2D eigenvalue weighted by Gasteiger charge is 2.47. The Kier molecular flexibility index (Phi) is 3.88. The second-order valence-electron chi connectivity index (χ2n) is 7.29. The van der Waals surface area contributed by atoms with Crippen LogP contribution in [0.2, 0.25) is 0 Å². The Labute approximate surface area is 137 Å². The van der Waals surface area contributed by atoms with E-state index in [-0.39, 0.29) is 12.0 Å². The maximum Gasteiger partial charge on any atom is 0.0513 e. The predicted molar refractivity (Wildman–Crippen MR) is 92.4 cm³/mol. The number of aliphatic hydroxyl groups is 1. The number of hydrogen-bond acceptors (Lipinski definition) is 3. The Morgan fingerprint density at radius 2 is 2.13 bits per heavy atom. The summed E-state index contributed by atoms with van der Waals surface area (Å²) in [4.78, 5) is 2.52. The van der Waals surface area contributed by atoms with Crippen molar-refractivity contribution in [1.29, 1.82) is 0 Å². The normalized spacial score (nSPS) is 28.2. The smallest absolute Gasteiger partial charge is 0.0513 e. The zero-order valence-electron chi connectivity index (χ0n) is 13.8. The Hall–Kier alpha value is -1.42. The molecule has 2 fully saturated rings. The van der Waals surface area contributed by atoms with Crippen molar-refractivity contribution >= 4 is 10.8 Å². The monoisotopic (exact) mass is 311 g/mol. The predicted octanol–water partition coefficient (Wildman–Crippen LogP) is 2.98. The fourth-order valence-corrected chi connectivity index (χ4v) is 4.42. The number of fused-ring (bicyclic) bond motifs is 2. The number of rotatable bonds is 3. The molecule has 0 amide bonds. The average molecular weight is 311 g/mol. The summed E-state index contributed by atoms with van der Waals surface area (Å²) in [5.74, 6) is 0.469. The molecule has 0 radical (unpaired) electrons. The summed E-state index contributed by atoms with van der Waals surface area (Å²) in [6.07, 6.45) is 0.985. The van der Waals surface area contributed by atoms with Crippen molar-refractivity contribution in [2.45, 2.75) is 19.9 Å². The van der Waals surface area contributed by atoms with Gasteiger partial charge in [-0.15, -0.1) is 0 Å². The van der Waals surface area contributed by atoms with Gasteiger partial charge >= 0.3 is 0 Å². The van der Waals surface area contributed by atoms with Crippen molar-refractivity contribution in [3.05, 3.63) is 47.5 Å². The molecule has 2 heterocycles. The van der Waals surface area contributed by atoms with Crippen molar-refractivity contribution in [3.63, 3.8) is 0 Å². The number of hydrogen-bond donors (Lipinski definition) is 1. The molecule has 2 aromatic rings. The summed E-state index contributed by atoms with van der Waals surface area (Å²) in [6, 6.07) is 13.1. The van der Waals surface area contributed by atoms with Crippen LogP contribution in [0.1, 0.15) is 17.5 Å². The SMILES string of the molecule is Cc1ccc2ccccc2c1CN1C[C@@H]2COCC[C@]2(CO)C1. The van der Waals surface area contributed by atoms with Crippen molar-refractivity contribution in [2.75, 3.05) is 32.9 Å². The molecule has 0 aliphatic carbocycles. The van der Waals surface area contributed by atoms with E-state index in [9.17, 15) is 5.11 Å². The van der Waals surface area contributed by atoms with Crippen LogP contribution >= 0.6 is 0 Å². The van der Waals surface area contributed by atoms with Crippen LogP contribution in [-0.4, -0.2) is 42.9 Å². The second-order valence-corrected chi connectivity index (χ2v) is 7.29. The molecule has 2 saturated heterocycles.